The molecule has 0 aliphatic carbocycles. The van der Waals surface area contributed by atoms with Gasteiger partial charge in [-0.15, -0.1) is 0 Å². The van der Waals surface area contributed by atoms with Crippen molar-refractivity contribution in [2.75, 3.05) is 0 Å². The van der Waals surface area contributed by atoms with Gasteiger partial charge in [-0.2, -0.15) is 26.3 Å². The summed E-state index contributed by atoms with van der Waals surface area (Å²) in [6.07, 6.45) is -11.0. The van der Waals surface area contributed by atoms with E-state index < -0.39 is 41.0 Å². The van der Waals surface area contributed by atoms with Crippen molar-refractivity contribution in [2.45, 2.75) is 24.8 Å². The van der Waals surface area contributed by atoms with Crippen molar-refractivity contribution in [2.24, 2.45) is 5.73 Å². The molecule has 1 nitrogen and oxygen atoms in total. The molecule has 0 aliphatic heterocycles. The molecule has 0 amide bonds. The van der Waals surface area contributed by atoms with Crippen molar-refractivity contribution < 1.29 is 26.3 Å². The zero-order valence-electron chi connectivity index (χ0n) is 8.74. The van der Waals surface area contributed by atoms with Gasteiger partial charge in [-0.1, -0.05) is 17.7 Å². The predicted octanol–water partition coefficient (Wildman–Crippen LogP) is 4.31. The van der Waals surface area contributed by atoms with Crippen LogP contribution in [0.5, 0.6) is 0 Å². The SMILES string of the molecule is N[C@@H](CC(F)(F)F)c1c(Cl)cccc1C(F)(F)F. The highest BCUT2D eigenvalue weighted by Crippen LogP contribution is 2.40. The number of hydrogen-bond donors (Lipinski definition) is 1. The molecule has 0 aromatic heterocycles. The Kier molecular flexibility index (Phi) is 4.17. The molecule has 0 heterocycles. The first kappa shape index (κ1) is 15.1. The van der Waals surface area contributed by atoms with E-state index in [2.05, 4.69) is 0 Å². The average molecular weight is 292 g/mol. The molecule has 0 bridgehead atoms. The number of benzene rings is 1. The van der Waals surface area contributed by atoms with Gasteiger partial charge in [0.2, 0.25) is 0 Å². The van der Waals surface area contributed by atoms with Crippen LogP contribution >= 0.6 is 11.6 Å². The van der Waals surface area contributed by atoms with Crippen LogP contribution in [0, 0.1) is 0 Å². The van der Waals surface area contributed by atoms with Gasteiger partial charge in [-0.25, -0.2) is 0 Å². The molecule has 1 atom stereocenters. The van der Waals surface area contributed by atoms with Crippen LogP contribution in [0.3, 0.4) is 0 Å². The maximum absolute atomic E-state index is 12.6. The van der Waals surface area contributed by atoms with E-state index in [9.17, 15) is 26.3 Å². The summed E-state index contributed by atoms with van der Waals surface area (Å²) in [6.45, 7) is 0. The molecule has 0 spiro atoms. The fraction of sp³-hybridized carbons (Fsp3) is 0.400. The second kappa shape index (κ2) is 4.97. The monoisotopic (exact) mass is 291 g/mol. The number of nitrogens with two attached hydrogens (primary N) is 1. The predicted molar refractivity (Wildman–Crippen MR) is 54.1 cm³/mol. The van der Waals surface area contributed by atoms with Crippen molar-refractivity contribution in [1.82, 2.24) is 0 Å². The quantitative estimate of drug-likeness (QED) is 0.807. The summed E-state index contributed by atoms with van der Waals surface area (Å²) in [5.41, 5.74) is 3.20. The average Bonchev–Trinajstić information content (AvgIpc) is 2.12. The van der Waals surface area contributed by atoms with E-state index in [0.717, 1.165) is 12.1 Å². The first-order valence-corrected chi connectivity index (χ1v) is 5.08. The van der Waals surface area contributed by atoms with Gasteiger partial charge in [0.25, 0.3) is 0 Å². The third-order valence-corrected chi connectivity index (χ3v) is 2.51. The molecular formula is C10H8ClF6N. The molecular weight excluding hydrogens is 284 g/mol. The van der Waals surface area contributed by atoms with Crippen LogP contribution in [0.15, 0.2) is 18.2 Å². The lowest BCUT2D eigenvalue weighted by Crippen LogP contribution is -2.23. The molecule has 0 radical (unpaired) electrons. The lowest BCUT2D eigenvalue weighted by atomic mass is 9.98. The van der Waals surface area contributed by atoms with Gasteiger partial charge < -0.3 is 5.73 Å². The number of rotatable bonds is 2. The lowest BCUT2D eigenvalue weighted by molar-refractivity contribution is -0.144. The largest absolute Gasteiger partial charge is 0.416 e. The standard InChI is InChI=1S/C10H8ClF6N/c11-6-3-1-2-5(10(15,16)17)8(6)7(18)4-9(12,13)14/h1-3,7H,4,18H2/t7-/m0/s1. The maximum atomic E-state index is 12.6. The summed E-state index contributed by atoms with van der Waals surface area (Å²) in [4.78, 5) is 0. The lowest BCUT2D eigenvalue weighted by Gasteiger charge is -2.20. The normalized spacial score (nSPS) is 14.7. The van der Waals surface area contributed by atoms with Crippen molar-refractivity contribution >= 4 is 11.6 Å². The van der Waals surface area contributed by atoms with Crippen molar-refractivity contribution in [3.8, 4) is 0 Å². The summed E-state index contributed by atoms with van der Waals surface area (Å²) in [7, 11) is 0. The topological polar surface area (TPSA) is 26.0 Å². The molecule has 0 unspecified atom stereocenters. The second-order valence-electron chi connectivity index (χ2n) is 3.62. The Morgan fingerprint density at radius 2 is 1.67 bits per heavy atom. The Morgan fingerprint density at radius 3 is 2.11 bits per heavy atom. The second-order valence-corrected chi connectivity index (χ2v) is 4.03. The molecule has 1 aromatic rings. The minimum atomic E-state index is -4.80. The Bertz CT molecular complexity index is 425. The first-order valence-electron chi connectivity index (χ1n) is 4.70. The molecule has 2 N–H and O–H groups in total. The van der Waals surface area contributed by atoms with Gasteiger partial charge in [0.05, 0.1) is 12.0 Å². The molecule has 0 saturated carbocycles. The van der Waals surface area contributed by atoms with Crippen LogP contribution < -0.4 is 5.73 Å². The summed E-state index contributed by atoms with van der Waals surface area (Å²) in [6, 6.07) is 0.879. The van der Waals surface area contributed by atoms with E-state index in [-0.39, 0.29) is 0 Å². The minimum Gasteiger partial charge on any atom is -0.324 e. The number of hydrogen-bond acceptors (Lipinski definition) is 1. The van der Waals surface area contributed by atoms with E-state index in [1.165, 1.54) is 0 Å². The molecule has 18 heavy (non-hydrogen) atoms. The van der Waals surface area contributed by atoms with Gasteiger partial charge in [0.15, 0.2) is 0 Å². The van der Waals surface area contributed by atoms with Crippen LogP contribution in [0.4, 0.5) is 26.3 Å². The van der Waals surface area contributed by atoms with E-state index in [0.29, 0.717) is 6.07 Å². The van der Waals surface area contributed by atoms with Crippen LogP contribution in [0.25, 0.3) is 0 Å². The molecule has 1 aromatic carbocycles. The van der Waals surface area contributed by atoms with E-state index >= 15 is 0 Å². The van der Waals surface area contributed by atoms with Crippen LogP contribution in [0.1, 0.15) is 23.6 Å². The highest BCUT2D eigenvalue weighted by atomic mass is 35.5. The third kappa shape index (κ3) is 3.78. The van der Waals surface area contributed by atoms with E-state index in [1.54, 1.807) is 0 Å². The summed E-state index contributed by atoms with van der Waals surface area (Å²) >= 11 is 5.51. The fourth-order valence-electron chi connectivity index (χ4n) is 1.51. The van der Waals surface area contributed by atoms with Gasteiger partial charge in [-0.05, 0) is 17.7 Å². The third-order valence-electron chi connectivity index (χ3n) is 2.18. The molecule has 0 fully saturated rings. The zero-order chi connectivity index (χ0) is 14.1. The Balaban J connectivity index is 3.22. The maximum Gasteiger partial charge on any atom is 0.416 e. The molecule has 0 saturated heterocycles. The van der Waals surface area contributed by atoms with Gasteiger partial charge in [-0.3, -0.25) is 0 Å². The van der Waals surface area contributed by atoms with Crippen LogP contribution in [0.2, 0.25) is 5.02 Å². The smallest absolute Gasteiger partial charge is 0.324 e. The Morgan fingerprint density at radius 1 is 1.11 bits per heavy atom. The summed E-state index contributed by atoms with van der Waals surface area (Å²) in [5, 5.41) is -0.429. The summed E-state index contributed by atoms with van der Waals surface area (Å²) < 4.78 is 74.3. The highest BCUT2D eigenvalue weighted by molar-refractivity contribution is 6.31. The van der Waals surface area contributed by atoms with Crippen molar-refractivity contribution in [1.29, 1.82) is 0 Å². The Labute approximate surface area is 104 Å². The molecule has 8 heteroatoms. The number of halogens is 7. The van der Waals surface area contributed by atoms with E-state index in [4.69, 9.17) is 17.3 Å². The van der Waals surface area contributed by atoms with Crippen molar-refractivity contribution in [3.63, 3.8) is 0 Å². The number of alkyl halides is 6. The zero-order valence-corrected chi connectivity index (χ0v) is 9.50. The van der Waals surface area contributed by atoms with Gasteiger partial charge in [0, 0.05) is 11.1 Å². The van der Waals surface area contributed by atoms with Crippen molar-refractivity contribution in [3.05, 3.63) is 34.3 Å². The molecule has 1 rings (SSSR count). The fourth-order valence-corrected chi connectivity index (χ4v) is 1.83. The van der Waals surface area contributed by atoms with Crippen LogP contribution in [-0.2, 0) is 6.18 Å². The minimum absolute atomic E-state index is 0.429. The summed E-state index contributed by atoms with van der Waals surface area (Å²) in [5.74, 6) is 0. The van der Waals surface area contributed by atoms with Gasteiger partial charge in [0.1, 0.15) is 0 Å². The van der Waals surface area contributed by atoms with Crippen LogP contribution in [-0.4, -0.2) is 6.18 Å². The van der Waals surface area contributed by atoms with Gasteiger partial charge >= 0.3 is 12.4 Å². The Hall–Kier alpha value is -0.950. The molecule has 0 aliphatic rings. The first-order chi connectivity index (χ1) is 8.02. The highest BCUT2D eigenvalue weighted by Gasteiger charge is 2.38. The van der Waals surface area contributed by atoms with E-state index in [1.807, 2.05) is 0 Å². The molecule has 102 valence electrons.